The van der Waals surface area contributed by atoms with Crippen LogP contribution in [0.1, 0.15) is 24.6 Å². The molecule has 1 aliphatic rings. The number of halogens is 1. The molecule has 0 aliphatic carbocycles. The molecule has 1 fully saturated rings. The summed E-state index contributed by atoms with van der Waals surface area (Å²) >= 11 is 0. The van der Waals surface area contributed by atoms with E-state index in [4.69, 9.17) is 5.73 Å². The molecule has 1 aliphatic heterocycles. The average molecular weight is 222 g/mol. The summed E-state index contributed by atoms with van der Waals surface area (Å²) in [7, 11) is 2.08. The zero-order valence-electron chi connectivity index (χ0n) is 9.70. The molecule has 16 heavy (non-hydrogen) atoms. The molecule has 1 unspecified atom stereocenters. The van der Waals surface area contributed by atoms with Crippen molar-refractivity contribution in [2.75, 3.05) is 25.9 Å². The lowest BCUT2D eigenvalue weighted by Crippen LogP contribution is -2.32. The van der Waals surface area contributed by atoms with Crippen molar-refractivity contribution in [1.29, 1.82) is 0 Å². The third-order valence-corrected chi connectivity index (χ3v) is 3.47. The van der Waals surface area contributed by atoms with Crippen LogP contribution < -0.4 is 5.73 Å². The maximum atomic E-state index is 14.3. The number of para-hydroxylation sites is 1. The summed E-state index contributed by atoms with van der Waals surface area (Å²) in [5, 5.41) is 0. The first-order valence-electron chi connectivity index (χ1n) is 5.85. The molecule has 1 aromatic carbocycles. The molecule has 1 saturated heterocycles. The molecule has 0 spiro atoms. The van der Waals surface area contributed by atoms with E-state index in [2.05, 4.69) is 11.9 Å². The van der Waals surface area contributed by atoms with Crippen LogP contribution in [0.25, 0.3) is 0 Å². The number of likely N-dealkylation sites (tertiary alicyclic amines) is 1. The van der Waals surface area contributed by atoms with Gasteiger partial charge in [-0.1, -0.05) is 18.2 Å². The minimum Gasteiger partial charge on any atom is -0.398 e. The van der Waals surface area contributed by atoms with E-state index in [1.54, 1.807) is 12.1 Å². The molecular formula is C13H19FN2. The molecule has 1 heterocycles. The fourth-order valence-electron chi connectivity index (χ4n) is 2.34. The Morgan fingerprint density at radius 3 is 2.56 bits per heavy atom. The van der Waals surface area contributed by atoms with Gasteiger partial charge in [-0.2, -0.15) is 0 Å². The Hall–Kier alpha value is -1.09. The number of rotatable bonds is 2. The van der Waals surface area contributed by atoms with Crippen LogP contribution in [0.4, 0.5) is 10.1 Å². The monoisotopic (exact) mass is 222 g/mol. The maximum absolute atomic E-state index is 14.3. The molecular weight excluding hydrogens is 203 g/mol. The fourth-order valence-corrected chi connectivity index (χ4v) is 2.34. The van der Waals surface area contributed by atoms with E-state index in [1.807, 2.05) is 12.1 Å². The first-order valence-corrected chi connectivity index (χ1v) is 5.85. The van der Waals surface area contributed by atoms with E-state index in [1.165, 1.54) is 0 Å². The lowest BCUT2D eigenvalue weighted by atomic mass is 9.88. The molecule has 3 heteroatoms. The molecule has 0 amide bonds. The first-order chi connectivity index (χ1) is 7.68. The second-order valence-electron chi connectivity index (χ2n) is 4.67. The number of nitrogen functional groups attached to an aromatic ring is 1. The van der Waals surface area contributed by atoms with Gasteiger partial charge in [-0.25, -0.2) is 4.39 Å². The van der Waals surface area contributed by atoms with E-state index in [0.29, 0.717) is 11.3 Å². The highest BCUT2D eigenvalue weighted by Gasteiger charge is 2.27. The van der Waals surface area contributed by atoms with E-state index < -0.39 is 6.17 Å². The third-order valence-electron chi connectivity index (χ3n) is 3.47. The molecule has 0 radical (unpaired) electrons. The summed E-state index contributed by atoms with van der Waals surface area (Å²) in [4.78, 5) is 2.25. The van der Waals surface area contributed by atoms with E-state index in [0.717, 1.165) is 25.9 Å². The number of nitrogens with two attached hydrogens (primary N) is 1. The summed E-state index contributed by atoms with van der Waals surface area (Å²) in [5.74, 6) is 0.126. The predicted molar refractivity (Wildman–Crippen MR) is 64.9 cm³/mol. The molecule has 88 valence electrons. The Morgan fingerprint density at radius 2 is 1.94 bits per heavy atom. The summed E-state index contributed by atoms with van der Waals surface area (Å²) in [6, 6.07) is 7.28. The molecule has 2 rings (SSSR count). The van der Waals surface area contributed by atoms with Gasteiger partial charge >= 0.3 is 0 Å². The standard InChI is InChI=1S/C13H19FN2/c1-16-8-6-10(7-9-16)13(14)11-4-2-3-5-12(11)15/h2-5,10,13H,6-9,15H2,1H3. The Labute approximate surface area is 96.2 Å². The number of hydrogen-bond donors (Lipinski definition) is 1. The Morgan fingerprint density at radius 1 is 1.31 bits per heavy atom. The first kappa shape index (κ1) is 11.4. The van der Waals surface area contributed by atoms with Crippen molar-refractivity contribution in [2.24, 2.45) is 5.92 Å². The van der Waals surface area contributed by atoms with Crippen LogP contribution in [0.3, 0.4) is 0 Å². The van der Waals surface area contributed by atoms with Crippen LogP contribution in [0, 0.1) is 5.92 Å². The number of hydrogen-bond acceptors (Lipinski definition) is 2. The topological polar surface area (TPSA) is 29.3 Å². The van der Waals surface area contributed by atoms with Gasteiger partial charge in [-0.05, 0) is 45.0 Å². The van der Waals surface area contributed by atoms with Crippen molar-refractivity contribution < 1.29 is 4.39 Å². The van der Waals surface area contributed by atoms with Gasteiger partial charge in [0.05, 0.1) is 0 Å². The largest absolute Gasteiger partial charge is 0.398 e. The van der Waals surface area contributed by atoms with E-state index in [9.17, 15) is 4.39 Å². The van der Waals surface area contributed by atoms with Crippen LogP contribution in [0.15, 0.2) is 24.3 Å². The lowest BCUT2D eigenvalue weighted by molar-refractivity contribution is 0.137. The third kappa shape index (κ3) is 2.35. The van der Waals surface area contributed by atoms with Gasteiger partial charge in [0, 0.05) is 11.3 Å². The van der Waals surface area contributed by atoms with Crippen LogP contribution >= 0.6 is 0 Å². The summed E-state index contributed by atoms with van der Waals surface area (Å²) in [5.41, 5.74) is 7.05. The van der Waals surface area contributed by atoms with Crippen LogP contribution in [-0.2, 0) is 0 Å². The van der Waals surface area contributed by atoms with Gasteiger partial charge in [0.15, 0.2) is 0 Å². The van der Waals surface area contributed by atoms with Crippen LogP contribution in [0.2, 0.25) is 0 Å². The zero-order valence-corrected chi connectivity index (χ0v) is 9.70. The smallest absolute Gasteiger partial charge is 0.130 e. The van der Waals surface area contributed by atoms with Crippen LogP contribution in [0.5, 0.6) is 0 Å². The Balaban J connectivity index is 2.07. The molecule has 0 bridgehead atoms. The van der Waals surface area contributed by atoms with Gasteiger partial charge in [0.1, 0.15) is 6.17 Å². The minimum atomic E-state index is -0.908. The molecule has 0 aromatic heterocycles. The zero-order chi connectivity index (χ0) is 11.5. The highest BCUT2D eigenvalue weighted by atomic mass is 19.1. The predicted octanol–water partition coefficient (Wildman–Crippen LogP) is 2.62. The van der Waals surface area contributed by atoms with E-state index >= 15 is 0 Å². The number of benzene rings is 1. The van der Waals surface area contributed by atoms with Crippen molar-refractivity contribution in [2.45, 2.75) is 19.0 Å². The van der Waals surface area contributed by atoms with Gasteiger partial charge in [-0.15, -0.1) is 0 Å². The summed E-state index contributed by atoms with van der Waals surface area (Å²) in [6.07, 6.45) is 0.938. The van der Waals surface area contributed by atoms with Gasteiger partial charge in [0.25, 0.3) is 0 Å². The second kappa shape index (κ2) is 4.83. The average Bonchev–Trinajstić information content (AvgIpc) is 2.30. The summed E-state index contributed by atoms with van der Waals surface area (Å²) < 4.78 is 14.3. The maximum Gasteiger partial charge on any atom is 0.130 e. The van der Waals surface area contributed by atoms with Crippen LogP contribution in [-0.4, -0.2) is 25.0 Å². The Kier molecular flexibility index (Phi) is 3.44. The van der Waals surface area contributed by atoms with Gasteiger partial charge < -0.3 is 10.6 Å². The highest BCUT2D eigenvalue weighted by molar-refractivity contribution is 5.47. The van der Waals surface area contributed by atoms with Crippen molar-refractivity contribution >= 4 is 5.69 Å². The number of piperidine rings is 1. The second-order valence-corrected chi connectivity index (χ2v) is 4.67. The number of alkyl halides is 1. The highest BCUT2D eigenvalue weighted by Crippen LogP contribution is 2.35. The molecule has 1 aromatic rings. The number of nitrogens with zero attached hydrogens (tertiary/aromatic N) is 1. The summed E-state index contributed by atoms with van der Waals surface area (Å²) in [6.45, 7) is 1.97. The fraction of sp³-hybridized carbons (Fsp3) is 0.538. The minimum absolute atomic E-state index is 0.126. The van der Waals surface area contributed by atoms with Gasteiger partial charge in [0.2, 0.25) is 0 Å². The lowest BCUT2D eigenvalue weighted by Gasteiger charge is -2.31. The molecule has 1 atom stereocenters. The van der Waals surface area contributed by atoms with E-state index in [-0.39, 0.29) is 5.92 Å². The van der Waals surface area contributed by atoms with Gasteiger partial charge in [-0.3, -0.25) is 0 Å². The van der Waals surface area contributed by atoms with Crippen molar-refractivity contribution in [3.05, 3.63) is 29.8 Å². The Bertz CT molecular complexity index is 346. The SMILES string of the molecule is CN1CCC(C(F)c2ccccc2N)CC1. The van der Waals surface area contributed by atoms with Crippen molar-refractivity contribution in [3.63, 3.8) is 0 Å². The van der Waals surface area contributed by atoms with Crippen molar-refractivity contribution in [3.8, 4) is 0 Å². The molecule has 2 N–H and O–H groups in total. The molecule has 2 nitrogen and oxygen atoms in total. The quantitative estimate of drug-likeness (QED) is 0.779. The number of anilines is 1. The molecule has 0 saturated carbocycles. The normalized spacial score (nSPS) is 20.9. The van der Waals surface area contributed by atoms with Crippen molar-refractivity contribution in [1.82, 2.24) is 4.90 Å².